The fourth-order valence-corrected chi connectivity index (χ4v) is 1.36. The predicted octanol–water partition coefficient (Wildman–Crippen LogP) is 1.40. The minimum Gasteiger partial charge on any atom is -0.364 e. The van der Waals surface area contributed by atoms with Crippen molar-refractivity contribution in [1.82, 2.24) is 10.5 Å². The summed E-state index contributed by atoms with van der Waals surface area (Å²) in [5.74, 6) is -0.0836. The lowest BCUT2D eigenvalue weighted by molar-refractivity contribution is -0.115. The molecule has 0 aliphatic carbocycles. The van der Waals surface area contributed by atoms with Gasteiger partial charge >= 0.3 is 0 Å². The van der Waals surface area contributed by atoms with Gasteiger partial charge in [-0.15, -0.1) is 0 Å². The zero-order valence-electron chi connectivity index (χ0n) is 9.22. The zero-order chi connectivity index (χ0) is 11.9. The lowest BCUT2D eigenvalue weighted by Gasteiger charge is -2.05. The van der Waals surface area contributed by atoms with Crippen LogP contribution in [0.3, 0.4) is 0 Å². The van der Waals surface area contributed by atoms with E-state index in [4.69, 9.17) is 0 Å². The molecule has 0 fully saturated rings. The number of nitrogens with one attached hydrogen (secondary N) is 2. The van der Waals surface area contributed by atoms with Crippen molar-refractivity contribution in [2.24, 2.45) is 0 Å². The molecular formula is C12H13N3O2. The number of para-hydroxylation sites is 1. The summed E-state index contributed by atoms with van der Waals surface area (Å²) < 4.78 is 4.68. The van der Waals surface area contributed by atoms with Crippen LogP contribution in [0.4, 0.5) is 5.69 Å². The number of amides is 1. The largest absolute Gasteiger partial charge is 0.364 e. The highest BCUT2D eigenvalue weighted by Crippen LogP contribution is 2.03. The van der Waals surface area contributed by atoms with Crippen LogP contribution in [0.5, 0.6) is 0 Å². The predicted molar refractivity (Wildman–Crippen MR) is 63.3 cm³/mol. The standard InChI is InChI=1S/C12H13N3O2/c16-12(14-10-4-2-1-3-5-10)9-13-8-11-6-7-17-15-11/h1-7,13H,8-9H2,(H,14,16). The first-order chi connectivity index (χ1) is 8.34. The van der Waals surface area contributed by atoms with E-state index in [0.717, 1.165) is 11.4 Å². The van der Waals surface area contributed by atoms with Crippen molar-refractivity contribution in [3.8, 4) is 0 Å². The number of carbonyl (C=O) groups excluding carboxylic acids is 1. The van der Waals surface area contributed by atoms with Crippen LogP contribution in [0.2, 0.25) is 0 Å². The van der Waals surface area contributed by atoms with Gasteiger partial charge in [0.25, 0.3) is 0 Å². The van der Waals surface area contributed by atoms with Crippen LogP contribution in [0, 0.1) is 0 Å². The third-order valence-electron chi connectivity index (χ3n) is 2.14. The Morgan fingerprint density at radius 3 is 2.76 bits per heavy atom. The SMILES string of the molecule is O=C(CNCc1ccon1)Nc1ccccc1. The van der Waals surface area contributed by atoms with Crippen LogP contribution in [-0.2, 0) is 11.3 Å². The van der Waals surface area contributed by atoms with Gasteiger partial charge < -0.3 is 15.2 Å². The van der Waals surface area contributed by atoms with Crippen molar-refractivity contribution in [2.75, 3.05) is 11.9 Å². The summed E-state index contributed by atoms with van der Waals surface area (Å²) >= 11 is 0. The molecule has 0 aliphatic rings. The van der Waals surface area contributed by atoms with Crippen LogP contribution in [0.25, 0.3) is 0 Å². The molecule has 17 heavy (non-hydrogen) atoms. The molecule has 88 valence electrons. The number of hydrogen-bond donors (Lipinski definition) is 2. The van der Waals surface area contributed by atoms with Crippen LogP contribution >= 0.6 is 0 Å². The number of aromatic nitrogens is 1. The van der Waals surface area contributed by atoms with Gasteiger partial charge in [0.15, 0.2) is 0 Å². The molecule has 2 aromatic rings. The molecule has 5 nitrogen and oxygen atoms in total. The molecule has 1 amide bonds. The van der Waals surface area contributed by atoms with Gasteiger partial charge in [-0.3, -0.25) is 4.79 Å². The number of anilines is 1. The maximum Gasteiger partial charge on any atom is 0.238 e. The lowest BCUT2D eigenvalue weighted by Crippen LogP contribution is -2.27. The number of nitrogens with zero attached hydrogens (tertiary/aromatic N) is 1. The Bertz CT molecular complexity index is 454. The highest BCUT2D eigenvalue weighted by molar-refractivity contribution is 5.92. The second-order valence-corrected chi connectivity index (χ2v) is 3.51. The third kappa shape index (κ3) is 3.73. The normalized spacial score (nSPS) is 10.1. The van der Waals surface area contributed by atoms with Gasteiger partial charge in [0, 0.05) is 18.3 Å². The minimum atomic E-state index is -0.0836. The first-order valence-electron chi connectivity index (χ1n) is 5.29. The highest BCUT2D eigenvalue weighted by Gasteiger charge is 2.02. The van der Waals surface area contributed by atoms with Crippen LogP contribution in [0.1, 0.15) is 5.69 Å². The van der Waals surface area contributed by atoms with Crippen molar-refractivity contribution >= 4 is 11.6 Å². The molecule has 0 saturated carbocycles. The van der Waals surface area contributed by atoms with E-state index in [2.05, 4.69) is 20.3 Å². The summed E-state index contributed by atoms with van der Waals surface area (Å²) in [7, 11) is 0. The molecule has 0 spiro atoms. The Morgan fingerprint density at radius 1 is 1.24 bits per heavy atom. The van der Waals surface area contributed by atoms with E-state index in [1.54, 1.807) is 6.07 Å². The van der Waals surface area contributed by atoms with E-state index in [1.807, 2.05) is 30.3 Å². The Labute approximate surface area is 98.8 Å². The van der Waals surface area contributed by atoms with Gasteiger partial charge in [0.05, 0.1) is 12.2 Å². The molecular weight excluding hydrogens is 218 g/mol. The molecule has 5 heteroatoms. The van der Waals surface area contributed by atoms with Crippen molar-refractivity contribution in [3.63, 3.8) is 0 Å². The van der Waals surface area contributed by atoms with E-state index in [9.17, 15) is 4.79 Å². The summed E-state index contributed by atoms with van der Waals surface area (Å²) in [4.78, 5) is 11.5. The molecule has 0 saturated heterocycles. The van der Waals surface area contributed by atoms with Crippen LogP contribution in [0.15, 0.2) is 47.2 Å². The smallest absolute Gasteiger partial charge is 0.238 e. The van der Waals surface area contributed by atoms with E-state index in [-0.39, 0.29) is 12.5 Å². The van der Waals surface area contributed by atoms with Gasteiger partial charge in [-0.25, -0.2) is 0 Å². The quantitative estimate of drug-likeness (QED) is 0.816. The van der Waals surface area contributed by atoms with E-state index < -0.39 is 0 Å². The molecule has 2 N–H and O–H groups in total. The molecule has 0 atom stereocenters. The average Bonchev–Trinajstić information content (AvgIpc) is 2.83. The number of benzene rings is 1. The molecule has 0 bridgehead atoms. The summed E-state index contributed by atoms with van der Waals surface area (Å²) in [6.07, 6.45) is 1.50. The Hall–Kier alpha value is -2.14. The molecule has 1 aromatic heterocycles. The van der Waals surface area contributed by atoms with Crippen LogP contribution < -0.4 is 10.6 Å². The molecule has 1 heterocycles. The summed E-state index contributed by atoms with van der Waals surface area (Å²) in [6, 6.07) is 11.1. The van der Waals surface area contributed by atoms with E-state index >= 15 is 0 Å². The topological polar surface area (TPSA) is 67.2 Å². The average molecular weight is 231 g/mol. The Balaban J connectivity index is 1.71. The second-order valence-electron chi connectivity index (χ2n) is 3.51. The van der Waals surface area contributed by atoms with Gasteiger partial charge in [-0.1, -0.05) is 23.4 Å². The molecule has 0 unspecified atom stereocenters. The maximum atomic E-state index is 11.5. The zero-order valence-corrected chi connectivity index (χ0v) is 9.22. The molecule has 2 rings (SSSR count). The minimum absolute atomic E-state index is 0.0836. The number of rotatable bonds is 5. The fraction of sp³-hybridized carbons (Fsp3) is 0.167. The first kappa shape index (κ1) is 11.3. The van der Waals surface area contributed by atoms with Crippen molar-refractivity contribution in [2.45, 2.75) is 6.54 Å². The van der Waals surface area contributed by atoms with E-state index in [1.165, 1.54) is 6.26 Å². The summed E-state index contributed by atoms with van der Waals surface area (Å²) in [6.45, 7) is 0.750. The van der Waals surface area contributed by atoms with Gasteiger partial charge in [-0.05, 0) is 12.1 Å². The van der Waals surface area contributed by atoms with Crippen molar-refractivity contribution in [3.05, 3.63) is 48.4 Å². The molecule has 0 radical (unpaired) electrons. The monoisotopic (exact) mass is 231 g/mol. The van der Waals surface area contributed by atoms with Gasteiger partial charge in [-0.2, -0.15) is 0 Å². The number of carbonyl (C=O) groups is 1. The Kier molecular flexibility index (Phi) is 3.88. The molecule has 1 aromatic carbocycles. The summed E-state index contributed by atoms with van der Waals surface area (Å²) in [5, 5.41) is 9.48. The van der Waals surface area contributed by atoms with Gasteiger partial charge in [0.1, 0.15) is 6.26 Å². The molecule has 0 aliphatic heterocycles. The van der Waals surface area contributed by atoms with Crippen molar-refractivity contribution < 1.29 is 9.32 Å². The van der Waals surface area contributed by atoms with E-state index in [0.29, 0.717) is 6.54 Å². The van der Waals surface area contributed by atoms with Crippen LogP contribution in [-0.4, -0.2) is 17.6 Å². The second kappa shape index (κ2) is 5.81. The number of hydrogen-bond acceptors (Lipinski definition) is 4. The van der Waals surface area contributed by atoms with Gasteiger partial charge in [0.2, 0.25) is 5.91 Å². The first-order valence-corrected chi connectivity index (χ1v) is 5.29. The van der Waals surface area contributed by atoms with Crippen molar-refractivity contribution in [1.29, 1.82) is 0 Å². The summed E-state index contributed by atoms with van der Waals surface area (Å²) in [5.41, 5.74) is 1.57. The third-order valence-corrected chi connectivity index (χ3v) is 2.14. The lowest BCUT2D eigenvalue weighted by atomic mass is 10.3. The maximum absolute atomic E-state index is 11.5. The fourth-order valence-electron chi connectivity index (χ4n) is 1.36. The highest BCUT2D eigenvalue weighted by atomic mass is 16.5. The Morgan fingerprint density at radius 2 is 2.06 bits per heavy atom.